The molecule has 0 aliphatic carbocycles. The Morgan fingerprint density at radius 1 is 0.962 bits per heavy atom. The highest BCUT2D eigenvalue weighted by molar-refractivity contribution is 14.1. The number of carbonyl (C=O) groups excluding carboxylic acids is 2. The molecule has 26 heavy (non-hydrogen) atoms. The quantitative estimate of drug-likeness (QED) is 0.422. The van der Waals surface area contributed by atoms with Gasteiger partial charge in [-0.05, 0) is 70.1 Å². The molecule has 2 aliphatic rings. The highest BCUT2D eigenvalue weighted by Gasteiger charge is 2.31. The van der Waals surface area contributed by atoms with Crippen molar-refractivity contribution >= 4 is 46.6 Å². The molecule has 5 nitrogen and oxygen atoms in total. The Balaban J connectivity index is 1.78. The summed E-state index contributed by atoms with van der Waals surface area (Å²) in [6.07, 6.45) is 3.20. The number of amides is 2. The number of carbonyl (C=O) groups is 2. The average molecular weight is 463 g/mol. The maximum Gasteiger partial charge on any atom is 0.258 e. The van der Waals surface area contributed by atoms with Gasteiger partial charge in [0.25, 0.3) is 11.8 Å². The molecule has 2 aromatic rings. The number of rotatable bonds is 2. The summed E-state index contributed by atoms with van der Waals surface area (Å²) in [5.41, 5.74) is 1.84. The Kier molecular flexibility index (Phi) is 4.23. The molecule has 0 bridgehead atoms. The molecule has 0 saturated carbocycles. The van der Waals surface area contributed by atoms with E-state index in [1.807, 2.05) is 0 Å². The minimum absolute atomic E-state index is 0.153. The molecule has 7 heteroatoms. The third-order valence-corrected chi connectivity index (χ3v) is 5.11. The van der Waals surface area contributed by atoms with Crippen LogP contribution in [0.2, 0.25) is 0 Å². The van der Waals surface area contributed by atoms with Gasteiger partial charge in [-0.1, -0.05) is 12.1 Å². The van der Waals surface area contributed by atoms with E-state index in [0.29, 0.717) is 17.1 Å². The van der Waals surface area contributed by atoms with E-state index < -0.39 is 11.8 Å². The number of hydrogen-bond acceptors (Lipinski definition) is 4. The summed E-state index contributed by atoms with van der Waals surface area (Å²) in [5.74, 6) is -0.0674. The largest absolute Gasteiger partial charge is 0.454 e. The third-order valence-electron chi connectivity index (χ3n) is 4.00. The van der Waals surface area contributed by atoms with E-state index in [4.69, 9.17) is 9.47 Å². The summed E-state index contributed by atoms with van der Waals surface area (Å²) in [4.78, 5) is 24.4. The van der Waals surface area contributed by atoms with Crippen molar-refractivity contribution in [3.63, 3.8) is 0 Å². The number of fused-ring (bicyclic) bond motifs is 1. The minimum atomic E-state index is -0.485. The summed E-state index contributed by atoms with van der Waals surface area (Å²) >= 11 is 2.11. The van der Waals surface area contributed by atoms with Gasteiger partial charge >= 0.3 is 0 Å². The molecule has 0 aromatic heterocycles. The first kappa shape index (κ1) is 16.8. The highest BCUT2D eigenvalue weighted by atomic mass is 127. The van der Waals surface area contributed by atoms with Gasteiger partial charge in [-0.15, -0.1) is 0 Å². The lowest BCUT2D eigenvalue weighted by Gasteiger charge is -2.05. The lowest BCUT2D eigenvalue weighted by atomic mass is 10.0. The fraction of sp³-hybridized carbons (Fsp3) is 0.0526. The van der Waals surface area contributed by atoms with Crippen LogP contribution in [-0.4, -0.2) is 18.6 Å². The van der Waals surface area contributed by atoms with Crippen LogP contribution in [0.15, 0.2) is 47.5 Å². The number of nitrogens with one attached hydrogen (secondary N) is 1. The molecular formula is C19H11FINO4. The van der Waals surface area contributed by atoms with Crippen molar-refractivity contribution in [2.75, 3.05) is 6.79 Å². The van der Waals surface area contributed by atoms with Gasteiger partial charge in [0.15, 0.2) is 11.5 Å². The molecule has 1 saturated heterocycles. The van der Waals surface area contributed by atoms with Gasteiger partial charge in [0, 0.05) is 0 Å². The Morgan fingerprint density at radius 2 is 1.65 bits per heavy atom. The number of hydrogen-bond donors (Lipinski definition) is 1. The molecule has 2 aromatic carbocycles. The Bertz CT molecular complexity index is 995. The molecule has 0 atom stereocenters. The van der Waals surface area contributed by atoms with Crippen molar-refractivity contribution in [3.8, 4) is 11.5 Å². The van der Waals surface area contributed by atoms with Crippen molar-refractivity contribution in [1.82, 2.24) is 5.32 Å². The van der Waals surface area contributed by atoms with Gasteiger partial charge in [0.1, 0.15) is 5.82 Å². The zero-order valence-electron chi connectivity index (χ0n) is 13.2. The maximum atomic E-state index is 13.1. The predicted molar refractivity (Wildman–Crippen MR) is 101 cm³/mol. The van der Waals surface area contributed by atoms with Gasteiger partial charge in [-0.3, -0.25) is 14.9 Å². The van der Waals surface area contributed by atoms with Crippen LogP contribution < -0.4 is 14.8 Å². The second kappa shape index (κ2) is 6.56. The topological polar surface area (TPSA) is 64.6 Å². The van der Waals surface area contributed by atoms with Gasteiger partial charge in [-0.25, -0.2) is 4.39 Å². The van der Waals surface area contributed by atoms with Crippen molar-refractivity contribution in [1.29, 1.82) is 0 Å². The highest BCUT2D eigenvalue weighted by Crippen LogP contribution is 2.39. The van der Waals surface area contributed by atoms with Crippen LogP contribution in [0.4, 0.5) is 4.39 Å². The van der Waals surface area contributed by atoms with Crippen molar-refractivity contribution < 1.29 is 23.5 Å². The third kappa shape index (κ3) is 2.98. The molecule has 0 unspecified atom stereocenters. The Labute approximate surface area is 161 Å². The Morgan fingerprint density at radius 3 is 2.38 bits per heavy atom. The summed E-state index contributed by atoms with van der Waals surface area (Å²) in [6, 6.07) is 9.24. The van der Waals surface area contributed by atoms with Crippen molar-refractivity contribution in [2.45, 2.75) is 0 Å². The van der Waals surface area contributed by atoms with Gasteiger partial charge in [0.2, 0.25) is 6.79 Å². The second-order valence-corrected chi connectivity index (χ2v) is 6.73. The van der Waals surface area contributed by atoms with Crippen LogP contribution in [0, 0.1) is 9.39 Å². The molecule has 130 valence electrons. The predicted octanol–water partition coefficient (Wildman–Crippen LogP) is 3.28. The van der Waals surface area contributed by atoms with Crippen LogP contribution >= 0.6 is 22.6 Å². The normalized spacial score (nSPS) is 18.7. The molecule has 2 aliphatic heterocycles. The molecule has 2 heterocycles. The summed E-state index contributed by atoms with van der Waals surface area (Å²) in [6.45, 7) is 0.153. The lowest BCUT2D eigenvalue weighted by molar-refractivity contribution is -0.123. The van der Waals surface area contributed by atoms with E-state index in [-0.39, 0.29) is 23.8 Å². The molecule has 0 radical (unpaired) electrons. The zero-order valence-corrected chi connectivity index (χ0v) is 15.4. The van der Waals surface area contributed by atoms with Crippen LogP contribution in [-0.2, 0) is 9.59 Å². The SMILES string of the molecule is O=C1NC(=O)C(=C/c2ccc3c(c2I)OCO3)/C1=C\c1ccc(F)cc1. The second-order valence-electron chi connectivity index (χ2n) is 5.65. The van der Waals surface area contributed by atoms with E-state index in [1.54, 1.807) is 36.4 Å². The number of benzene rings is 2. The molecule has 1 fully saturated rings. The van der Waals surface area contributed by atoms with Crippen LogP contribution in [0.3, 0.4) is 0 Å². The molecular weight excluding hydrogens is 452 g/mol. The molecule has 1 N–H and O–H groups in total. The number of ether oxygens (including phenoxy) is 2. The average Bonchev–Trinajstić information content (AvgIpc) is 3.19. The van der Waals surface area contributed by atoms with Crippen molar-refractivity contribution in [2.24, 2.45) is 0 Å². The molecule has 4 rings (SSSR count). The molecule has 0 spiro atoms. The zero-order chi connectivity index (χ0) is 18.3. The first-order valence-corrected chi connectivity index (χ1v) is 8.74. The minimum Gasteiger partial charge on any atom is -0.454 e. The first-order valence-electron chi connectivity index (χ1n) is 7.66. The monoisotopic (exact) mass is 463 g/mol. The van der Waals surface area contributed by atoms with Crippen LogP contribution in [0.5, 0.6) is 11.5 Å². The smallest absolute Gasteiger partial charge is 0.258 e. The fourth-order valence-corrected chi connectivity index (χ4v) is 3.47. The van der Waals surface area contributed by atoms with E-state index in [2.05, 4.69) is 27.9 Å². The van der Waals surface area contributed by atoms with Crippen molar-refractivity contribution in [3.05, 3.63) is 68.1 Å². The number of imide groups is 1. The van der Waals surface area contributed by atoms with Gasteiger partial charge in [-0.2, -0.15) is 0 Å². The van der Waals surface area contributed by atoms with Gasteiger partial charge in [0.05, 0.1) is 14.7 Å². The summed E-state index contributed by atoms with van der Waals surface area (Å²) in [7, 11) is 0. The van der Waals surface area contributed by atoms with Crippen LogP contribution in [0.1, 0.15) is 11.1 Å². The van der Waals surface area contributed by atoms with E-state index in [0.717, 1.165) is 9.13 Å². The fourth-order valence-electron chi connectivity index (χ4n) is 2.72. The molecule has 2 amide bonds. The van der Waals surface area contributed by atoms with Gasteiger partial charge < -0.3 is 9.47 Å². The Hall–Kier alpha value is -2.68. The summed E-state index contributed by atoms with van der Waals surface area (Å²) in [5, 5.41) is 2.29. The van der Waals surface area contributed by atoms with Crippen LogP contribution in [0.25, 0.3) is 12.2 Å². The van der Waals surface area contributed by atoms with E-state index >= 15 is 0 Å². The first-order chi connectivity index (χ1) is 12.5. The standard InChI is InChI=1S/C19H11FINO4/c20-12-4-1-10(2-5-12)7-13-14(19(24)22-18(13)23)8-11-3-6-15-17(16(11)21)26-9-25-15/h1-8H,9H2,(H,22,23,24)/b13-7+,14-8+. The lowest BCUT2D eigenvalue weighted by Crippen LogP contribution is -2.19. The maximum absolute atomic E-state index is 13.1. The van der Waals surface area contributed by atoms with E-state index in [9.17, 15) is 14.0 Å². The summed E-state index contributed by atoms with van der Waals surface area (Å²) < 4.78 is 24.6. The number of halogens is 2. The van der Waals surface area contributed by atoms with E-state index in [1.165, 1.54) is 12.1 Å².